The highest BCUT2D eigenvalue weighted by Crippen LogP contribution is 2.48. The van der Waals surface area contributed by atoms with Crippen molar-refractivity contribution < 1.29 is 9.60 Å². The molecule has 0 aromatic heterocycles. The molecule has 1 aromatic carbocycles. The van der Waals surface area contributed by atoms with Gasteiger partial charge in [-0.1, -0.05) is 17.3 Å². The number of nitrogens with one attached hydrogen (secondary N) is 1. The lowest BCUT2D eigenvalue weighted by molar-refractivity contribution is 0.313. The molecule has 0 spiro atoms. The van der Waals surface area contributed by atoms with Crippen LogP contribution in [0, 0.1) is 18.2 Å². The summed E-state index contributed by atoms with van der Waals surface area (Å²) in [5.41, 5.74) is 7.28. The maximum absolute atomic E-state index is 13.6. The molecule has 4 N–H and O–H groups in total. The number of aryl methyl sites for hydroxylation is 1. The smallest absolute Gasteiger partial charge is 0.139 e. The van der Waals surface area contributed by atoms with Crippen LogP contribution in [0.5, 0.6) is 0 Å². The summed E-state index contributed by atoms with van der Waals surface area (Å²) in [7, 11) is 0. The molecule has 0 amide bonds. The molecule has 0 heterocycles. The zero-order chi connectivity index (χ0) is 14.8. The fraction of sp³-hybridized carbons (Fsp3) is 0.533. The van der Waals surface area contributed by atoms with Crippen LogP contribution in [-0.4, -0.2) is 17.6 Å². The van der Waals surface area contributed by atoms with Crippen molar-refractivity contribution in [1.29, 1.82) is 0 Å². The highest BCUT2D eigenvalue weighted by Gasteiger charge is 2.43. The summed E-state index contributed by atoms with van der Waals surface area (Å²) in [6.45, 7) is 4.57. The average molecular weight is 279 g/mol. The van der Waals surface area contributed by atoms with Crippen molar-refractivity contribution in [2.75, 3.05) is 6.54 Å². The van der Waals surface area contributed by atoms with Gasteiger partial charge in [-0.15, -0.1) is 0 Å². The second kappa shape index (κ2) is 5.79. The van der Waals surface area contributed by atoms with Gasteiger partial charge in [-0.2, -0.15) is 0 Å². The predicted molar refractivity (Wildman–Crippen MR) is 77.2 cm³/mol. The Morgan fingerprint density at radius 2 is 2.25 bits per heavy atom. The van der Waals surface area contributed by atoms with E-state index in [-0.39, 0.29) is 23.1 Å². The van der Waals surface area contributed by atoms with E-state index in [0.29, 0.717) is 12.0 Å². The molecule has 0 aliphatic heterocycles. The van der Waals surface area contributed by atoms with Crippen molar-refractivity contribution in [1.82, 2.24) is 5.32 Å². The maximum Gasteiger partial charge on any atom is 0.139 e. The zero-order valence-electron chi connectivity index (χ0n) is 12.0. The van der Waals surface area contributed by atoms with Gasteiger partial charge in [-0.3, -0.25) is 0 Å². The monoisotopic (exact) mass is 279 g/mol. The van der Waals surface area contributed by atoms with Crippen molar-refractivity contribution in [2.24, 2.45) is 16.3 Å². The molecule has 1 saturated carbocycles. The summed E-state index contributed by atoms with van der Waals surface area (Å²) in [4.78, 5) is 0. The van der Waals surface area contributed by atoms with Gasteiger partial charge in [0.05, 0.1) is 0 Å². The summed E-state index contributed by atoms with van der Waals surface area (Å²) in [6.07, 6.45) is 2.75. The number of hydrogen-bond donors (Lipinski definition) is 3. The van der Waals surface area contributed by atoms with Crippen LogP contribution >= 0.6 is 0 Å². The normalized spacial score (nSPS) is 18.9. The van der Waals surface area contributed by atoms with Crippen LogP contribution in [0.15, 0.2) is 23.4 Å². The van der Waals surface area contributed by atoms with Crippen LogP contribution in [0.1, 0.15) is 43.4 Å². The van der Waals surface area contributed by atoms with Crippen molar-refractivity contribution in [3.05, 3.63) is 35.1 Å². The molecular formula is C15H22FN3O. The second-order valence-electron chi connectivity index (χ2n) is 5.88. The lowest BCUT2D eigenvalue weighted by Gasteiger charge is -2.20. The molecule has 2 rings (SSSR count). The van der Waals surface area contributed by atoms with Crippen molar-refractivity contribution in [3.8, 4) is 0 Å². The first-order valence-electron chi connectivity index (χ1n) is 6.92. The molecule has 110 valence electrons. The van der Waals surface area contributed by atoms with Gasteiger partial charge >= 0.3 is 0 Å². The van der Waals surface area contributed by atoms with Crippen LogP contribution in [-0.2, 0) is 0 Å². The van der Waals surface area contributed by atoms with Crippen molar-refractivity contribution in [2.45, 2.75) is 39.2 Å². The van der Waals surface area contributed by atoms with Gasteiger partial charge in [0.2, 0.25) is 0 Å². The van der Waals surface area contributed by atoms with E-state index >= 15 is 0 Å². The topological polar surface area (TPSA) is 70.6 Å². The molecule has 1 aromatic rings. The number of nitrogens with two attached hydrogens (primary N) is 1. The first kappa shape index (κ1) is 14.8. The summed E-state index contributed by atoms with van der Waals surface area (Å²) < 4.78 is 13.6. The lowest BCUT2D eigenvalue weighted by Crippen LogP contribution is -2.30. The molecule has 1 atom stereocenters. The van der Waals surface area contributed by atoms with E-state index in [1.807, 2.05) is 13.0 Å². The number of oxime groups is 1. The number of benzene rings is 1. The SMILES string of the molecule is Cc1ccc(C(C)NCC2(C/C(N)=N/O)CC2)cc1F. The molecule has 1 aliphatic carbocycles. The van der Waals surface area contributed by atoms with Gasteiger partial charge in [-0.25, -0.2) is 4.39 Å². The molecule has 4 nitrogen and oxygen atoms in total. The van der Waals surface area contributed by atoms with Gasteiger partial charge in [0, 0.05) is 19.0 Å². The van der Waals surface area contributed by atoms with Crippen LogP contribution in [0.3, 0.4) is 0 Å². The maximum atomic E-state index is 13.6. The van der Waals surface area contributed by atoms with Crippen molar-refractivity contribution in [3.63, 3.8) is 0 Å². The second-order valence-corrected chi connectivity index (χ2v) is 5.88. The number of nitrogens with zero attached hydrogens (tertiary/aromatic N) is 1. The fourth-order valence-corrected chi connectivity index (χ4v) is 2.38. The summed E-state index contributed by atoms with van der Waals surface area (Å²) in [5, 5.41) is 15.1. The molecule has 0 radical (unpaired) electrons. The molecule has 0 saturated heterocycles. The van der Waals surface area contributed by atoms with E-state index in [0.717, 1.165) is 24.9 Å². The molecule has 1 aliphatic rings. The van der Waals surface area contributed by atoms with Crippen LogP contribution in [0.2, 0.25) is 0 Å². The Balaban J connectivity index is 1.92. The van der Waals surface area contributed by atoms with Gasteiger partial charge in [0.1, 0.15) is 11.7 Å². The third-order valence-corrected chi connectivity index (χ3v) is 4.12. The minimum Gasteiger partial charge on any atom is -0.409 e. The third-order valence-electron chi connectivity index (χ3n) is 4.12. The van der Waals surface area contributed by atoms with Crippen LogP contribution in [0.4, 0.5) is 4.39 Å². The number of rotatable bonds is 6. The first-order chi connectivity index (χ1) is 9.46. The zero-order valence-corrected chi connectivity index (χ0v) is 12.0. The van der Waals surface area contributed by atoms with E-state index < -0.39 is 0 Å². The summed E-state index contributed by atoms with van der Waals surface area (Å²) in [6, 6.07) is 5.40. The van der Waals surface area contributed by atoms with E-state index in [9.17, 15) is 4.39 Å². The molecule has 5 heteroatoms. The van der Waals surface area contributed by atoms with Crippen molar-refractivity contribution >= 4 is 5.84 Å². The predicted octanol–water partition coefficient (Wildman–Crippen LogP) is 2.70. The molecule has 20 heavy (non-hydrogen) atoms. The Morgan fingerprint density at radius 3 is 2.80 bits per heavy atom. The fourth-order valence-electron chi connectivity index (χ4n) is 2.38. The lowest BCUT2D eigenvalue weighted by atomic mass is 10.00. The quantitative estimate of drug-likeness (QED) is 0.324. The van der Waals surface area contributed by atoms with Crippen LogP contribution < -0.4 is 11.1 Å². The van der Waals surface area contributed by atoms with Gasteiger partial charge in [0.25, 0.3) is 0 Å². The summed E-state index contributed by atoms with van der Waals surface area (Å²) in [5.74, 6) is 0.104. The minimum atomic E-state index is -0.172. The van der Waals surface area contributed by atoms with Gasteiger partial charge < -0.3 is 16.3 Å². The third kappa shape index (κ3) is 3.48. The Hall–Kier alpha value is -1.62. The number of halogens is 1. The van der Waals surface area contributed by atoms with E-state index in [1.165, 1.54) is 0 Å². The van der Waals surface area contributed by atoms with Gasteiger partial charge in [0.15, 0.2) is 0 Å². The van der Waals surface area contributed by atoms with E-state index in [1.54, 1.807) is 19.1 Å². The Labute approximate surface area is 118 Å². The molecule has 1 unspecified atom stereocenters. The average Bonchev–Trinajstić information content (AvgIpc) is 3.19. The van der Waals surface area contributed by atoms with Crippen LogP contribution in [0.25, 0.3) is 0 Å². The molecule has 0 bridgehead atoms. The Kier molecular flexibility index (Phi) is 4.28. The molecule has 1 fully saturated rings. The number of amidine groups is 1. The Bertz CT molecular complexity index is 512. The summed E-state index contributed by atoms with van der Waals surface area (Å²) >= 11 is 0. The van der Waals surface area contributed by atoms with E-state index in [4.69, 9.17) is 10.9 Å². The first-order valence-corrected chi connectivity index (χ1v) is 6.92. The standard InChI is InChI=1S/C15H22FN3O/c1-10-3-4-12(7-13(10)16)11(2)18-9-15(5-6-15)8-14(17)19-20/h3-4,7,11,18,20H,5-6,8-9H2,1-2H3,(H2,17,19). The minimum absolute atomic E-state index is 0.0786. The highest BCUT2D eigenvalue weighted by atomic mass is 19.1. The largest absolute Gasteiger partial charge is 0.409 e. The van der Waals surface area contributed by atoms with Gasteiger partial charge in [-0.05, 0) is 49.3 Å². The molecular weight excluding hydrogens is 257 g/mol. The highest BCUT2D eigenvalue weighted by molar-refractivity contribution is 5.80. The number of hydrogen-bond acceptors (Lipinski definition) is 3. The Morgan fingerprint density at radius 1 is 1.55 bits per heavy atom. The van der Waals surface area contributed by atoms with E-state index in [2.05, 4.69) is 10.5 Å².